The van der Waals surface area contributed by atoms with Crippen LogP contribution in [0.4, 0.5) is 21.9 Å². The van der Waals surface area contributed by atoms with Crippen molar-refractivity contribution in [2.75, 3.05) is 61.9 Å². The second-order valence-corrected chi connectivity index (χ2v) is 30.0. The number of methoxy groups -OCH3 is 1. The topological polar surface area (TPSA) is 440 Å². The van der Waals surface area contributed by atoms with E-state index in [4.69, 9.17) is 33.1 Å². The van der Waals surface area contributed by atoms with Gasteiger partial charge in [0.05, 0.1) is 42.1 Å². The Labute approximate surface area is 663 Å². The van der Waals surface area contributed by atoms with E-state index in [1.54, 1.807) is 64.1 Å². The first-order valence-electron chi connectivity index (χ1n) is 38.0. The molecule has 0 radical (unpaired) electrons. The van der Waals surface area contributed by atoms with Crippen molar-refractivity contribution < 1.29 is 101 Å². The fourth-order valence-electron chi connectivity index (χ4n) is 14.4. The lowest BCUT2D eigenvalue weighted by Gasteiger charge is -2.38. The normalized spacial score (nSPS) is 23.2. The van der Waals surface area contributed by atoms with Crippen molar-refractivity contribution in [1.29, 1.82) is 0 Å². The molecule has 1 saturated heterocycles. The Hall–Kier alpha value is -12.0. The third-order valence-corrected chi connectivity index (χ3v) is 21.1. The number of aryl methyl sites for hydroxylation is 1. The highest BCUT2D eigenvalue weighted by atomic mass is 16.7. The quantitative estimate of drug-likeness (QED) is 0.0147. The van der Waals surface area contributed by atoms with Gasteiger partial charge in [0.25, 0.3) is 23.5 Å². The maximum atomic E-state index is 15.2. The number of aliphatic hydroxyl groups is 2. The highest BCUT2D eigenvalue weighted by Gasteiger charge is 2.50. The molecule has 6 aliphatic rings. The number of Topliss-reactive ketones (excluding diaryl/α,β-unsaturated/α-hetero) is 1. The molecule has 1 aliphatic carbocycles. The predicted octanol–water partition coefficient (Wildman–Crippen LogP) is 6.64. The Balaban J connectivity index is 0.795. The van der Waals surface area contributed by atoms with Crippen molar-refractivity contribution in [2.24, 2.45) is 29.6 Å². The Bertz CT molecular complexity index is 4880. The van der Waals surface area contributed by atoms with Gasteiger partial charge in [-0.3, -0.25) is 57.6 Å². The average molecular weight is 1590 g/mol. The summed E-state index contributed by atoms with van der Waals surface area (Å²) >= 11 is 0. The second-order valence-electron chi connectivity index (χ2n) is 30.0. The number of aromatic nitrogens is 1. The lowest BCUT2D eigenvalue weighted by atomic mass is 9.78. The van der Waals surface area contributed by atoms with Crippen molar-refractivity contribution >= 4 is 104 Å². The molecule has 1 fully saturated rings. The number of phenolic OH excluding ortho intramolecular Hbond substituents is 2. The zero-order chi connectivity index (χ0) is 83.6. The number of aromatic hydroxyl groups is 2. The molecule has 0 saturated carbocycles. The van der Waals surface area contributed by atoms with Crippen LogP contribution < -0.4 is 47.0 Å². The van der Waals surface area contributed by atoms with Crippen molar-refractivity contribution in [3.63, 3.8) is 0 Å². The zero-order valence-electron chi connectivity index (χ0n) is 66.0. The Kier molecular flexibility index (Phi) is 27.4. The minimum atomic E-state index is -2.18. The van der Waals surface area contributed by atoms with E-state index in [9.17, 15) is 68.4 Å². The number of rotatable bonds is 22. The number of imide groups is 1. The maximum Gasteiger partial charge on any atom is 0.410 e. The van der Waals surface area contributed by atoms with Gasteiger partial charge in [-0.1, -0.05) is 102 Å². The largest absolute Gasteiger partial charge is 0.507 e. The number of amides is 9. The summed E-state index contributed by atoms with van der Waals surface area (Å²) in [6.07, 6.45) is 4.95. The first-order chi connectivity index (χ1) is 54.6. The van der Waals surface area contributed by atoms with Crippen LogP contribution in [-0.4, -0.2) is 195 Å². The number of aliphatic hydroxyl groups excluding tert-OH is 2. The molecule has 0 spiro atoms. The molecule has 32 nitrogen and oxygen atoms in total. The van der Waals surface area contributed by atoms with Crippen LogP contribution in [0.3, 0.4) is 0 Å². The molecule has 115 heavy (non-hydrogen) atoms. The molecule has 4 bridgehead atoms. The summed E-state index contributed by atoms with van der Waals surface area (Å²) in [4.78, 5) is 171. The maximum absolute atomic E-state index is 15.2. The molecule has 4 aromatic carbocycles. The number of ketones is 1. The van der Waals surface area contributed by atoms with E-state index in [0.29, 0.717) is 23.4 Å². The summed E-state index contributed by atoms with van der Waals surface area (Å²) in [6, 6.07) is 15.1. The number of hydrogen-bond donors (Lipinski definition) is 10. The van der Waals surface area contributed by atoms with Gasteiger partial charge in [0.1, 0.15) is 65.0 Å². The summed E-state index contributed by atoms with van der Waals surface area (Å²) in [5, 5.41) is 62.4. The fourth-order valence-corrected chi connectivity index (χ4v) is 14.4. The van der Waals surface area contributed by atoms with Crippen molar-refractivity contribution in [3.05, 3.63) is 147 Å². The van der Waals surface area contributed by atoms with Crippen LogP contribution in [0.5, 0.6) is 17.2 Å². The molecule has 612 valence electrons. The van der Waals surface area contributed by atoms with Crippen molar-refractivity contribution in [1.82, 2.24) is 36.1 Å². The highest BCUT2D eigenvalue weighted by molar-refractivity contribution is 6.22. The zero-order valence-corrected chi connectivity index (χ0v) is 66.0. The number of esters is 1. The first kappa shape index (κ1) is 85.4. The van der Waals surface area contributed by atoms with Gasteiger partial charge in [0.15, 0.2) is 11.3 Å². The second kappa shape index (κ2) is 36.8. The molecule has 10 N–H and O–H groups in total. The fraction of sp³-hybridized carbons (Fsp3) is 0.434. The summed E-state index contributed by atoms with van der Waals surface area (Å²) < 4.78 is 36.3. The van der Waals surface area contributed by atoms with Gasteiger partial charge in [-0.05, 0) is 75.3 Å². The number of anilines is 3. The Morgan fingerprint density at radius 2 is 1.46 bits per heavy atom. The van der Waals surface area contributed by atoms with E-state index in [1.807, 2.05) is 49.1 Å². The summed E-state index contributed by atoms with van der Waals surface area (Å²) in [5.74, 6) is -13.3. The number of nitrogens with one attached hydrogen (secondary N) is 6. The van der Waals surface area contributed by atoms with Crippen LogP contribution in [-0.2, 0) is 75.1 Å². The molecule has 32 heteroatoms. The van der Waals surface area contributed by atoms with Crippen LogP contribution in [0, 0.1) is 36.5 Å². The molecule has 0 aromatic heterocycles. The van der Waals surface area contributed by atoms with Crippen LogP contribution in [0.15, 0.2) is 124 Å². The van der Waals surface area contributed by atoms with Gasteiger partial charge >= 0.3 is 17.8 Å². The van der Waals surface area contributed by atoms with Crippen LogP contribution >= 0.6 is 0 Å². The van der Waals surface area contributed by atoms with Gasteiger partial charge in [-0.25, -0.2) is 9.78 Å². The summed E-state index contributed by atoms with van der Waals surface area (Å²) in [6.45, 7) is 17.2. The number of phenols is 2. The number of hydrogen-bond acceptors (Lipinski definition) is 24. The van der Waals surface area contributed by atoms with Crippen molar-refractivity contribution in [2.45, 2.75) is 157 Å². The van der Waals surface area contributed by atoms with Crippen LogP contribution in [0.25, 0.3) is 33.3 Å². The first-order valence-corrected chi connectivity index (χ1v) is 38.0. The molecular formula is C83H98N10O22. The van der Waals surface area contributed by atoms with Gasteiger partial charge < -0.3 is 90.2 Å². The average Bonchev–Trinajstić information content (AvgIpc) is 1.64. The summed E-state index contributed by atoms with van der Waals surface area (Å²) in [7, 11) is 1.40. The molecular weight excluding hydrogens is 1490 g/mol. The van der Waals surface area contributed by atoms with Gasteiger partial charge in [-0.2, -0.15) is 0 Å². The minimum absolute atomic E-state index is 0.0456. The monoisotopic (exact) mass is 1590 g/mol. The van der Waals surface area contributed by atoms with Gasteiger partial charge in [0.2, 0.25) is 35.0 Å². The molecule has 1 unspecified atom stereocenters. The number of ether oxygens (including phenoxy) is 5. The number of nitrogens with zero attached hydrogens (tertiary/aromatic N) is 4. The molecule has 4 aromatic rings. The highest BCUT2D eigenvalue weighted by Crippen LogP contribution is 2.51. The van der Waals surface area contributed by atoms with E-state index < -0.39 is 172 Å². The number of carbonyl (C=O) groups is 11. The molecule has 9 amide bonds. The molecule has 12 atom stereocenters. The van der Waals surface area contributed by atoms with E-state index in [1.165, 1.54) is 70.9 Å². The molecule has 5 aliphatic heterocycles. The van der Waals surface area contributed by atoms with E-state index in [-0.39, 0.29) is 115 Å². The Morgan fingerprint density at radius 3 is 2.12 bits per heavy atom. The lowest BCUT2D eigenvalue weighted by molar-refractivity contribution is -0.160. The standard InChI is InChI=1S/C83H98N10O22/c1-42(2)37-56(87-60(96)29-31-93-62(98)27-28-63(93)99)81(108)85-49(9)79(106)88-55(26-23-51-19-14-13-15-20-51)80(107)84-40-61(97)86-53-24-21-52(22-25-53)41-111-82(109)92-34-32-91(33-35-92)54-38-57(95)67-59(39-54)114-76-68(89-67)64-65-72(102)48(8)75-66(64)77(104)83(11,115-75)112-36-30-58(110-12)45(5)74(113-50(10)94)47(7)71(101)46(6)70(100)43(3)17-16-18-44(4)78(105)90-69(76)73(65)103/h13-22,24-25,27-28,30,36,38-39,42-43,45-47,49,55-56,58,70-71,74,95,100-102H,23,26,29,31-35,37,40-41H2,1-12H3,(H,84,107)(H,85,108)(H,86,97)(H,87,96)(H,88,106)(H,90,105)/b17-16+,36-30+,44-18-/t43-,45+,46+,47+,49-,55-,56?,58-,70-,71+,74+,83-/m0/s1. The van der Waals surface area contributed by atoms with Crippen molar-refractivity contribution in [3.8, 4) is 28.7 Å². The van der Waals surface area contributed by atoms with E-state index in [0.717, 1.165) is 28.9 Å². The van der Waals surface area contributed by atoms with Crippen LogP contribution in [0.1, 0.15) is 116 Å². The third-order valence-electron chi connectivity index (χ3n) is 21.1. The SMILES string of the molecule is CO[C@H]1/C=C/O[C@@]2(C)Oc3c(C)c(O)c4c(=O)c(c5oc6cc(N7CCN(C(=O)OCc8ccc(NC(=O)CNC(=O)[C@H](CCc9ccccc9)NC(=O)[C@H](C)NC(=O)C(CC(C)C)NC(=O)CCN9C(=O)C=CC9=O)cc8)CC7)cc(O)c6nc-5c4c3C2=O)NC(=O)/C(C)=C\C=C\[C@H](C)[C@H](O)[C@@H](C)[C@@H](O)[C@@H](C)[C@H](OC(C)=O)[C@@H]1C. The van der Waals surface area contributed by atoms with E-state index >= 15 is 9.59 Å². The minimum Gasteiger partial charge on any atom is -0.507 e. The van der Waals surface area contributed by atoms with Gasteiger partial charge in [0, 0.05) is 136 Å². The summed E-state index contributed by atoms with van der Waals surface area (Å²) in [5.41, 5.74) is -0.0154. The van der Waals surface area contributed by atoms with Gasteiger partial charge in [-0.15, -0.1) is 0 Å². The third kappa shape index (κ3) is 19.8. The lowest BCUT2D eigenvalue weighted by Crippen LogP contribution is -2.56. The smallest absolute Gasteiger partial charge is 0.410 e. The number of fused-ring (bicyclic) bond motifs is 2. The number of piperazine rings is 1. The predicted molar refractivity (Wildman–Crippen MR) is 421 cm³/mol. The van der Waals surface area contributed by atoms with Crippen LogP contribution in [0.2, 0.25) is 0 Å². The number of allylic oxidation sites excluding steroid dienone is 2. The molecule has 10 rings (SSSR count). The molecule has 5 heterocycles. The number of benzene rings is 5. The van der Waals surface area contributed by atoms with E-state index in [2.05, 4.69) is 31.9 Å². The number of carbonyl (C=O) groups excluding carboxylic acids is 11. The Morgan fingerprint density at radius 1 is 0.774 bits per heavy atom.